The highest BCUT2D eigenvalue weighted by Gasteiger charge is 2.19. The summed E-state index contributed by atoms with van der Waals surface area (Å²) in [5, 5.41) is 5.57. The molecule has 1 aliphatic heterocycles. The predicted molar refractivity (Wildman–Crippen MR) is 95.6 cm³/mol. The maximum atomic E-state index is 5.44. The van der Waals surface area contributed by atoms with Gasteiger partial charge in [0.05, 0.1) is 0 Å². The van der Waals surface area contributed by atoms with Crippen LogP contribution in [-0.2, 0) is 0 Å². The molecule has 2 aromatic carbocycles. The monoisotopic (exact) mass is 399 g/mol. The van der Waals surface area contributed by atoms with Gasteiger partial charge < -0.3 is 9.47 Å². The standard InChI is InChI=1S/C17H10BrN3O2S/c18-15-14(10-4-2-1-3-5-10)19-17-21(15)20-16(24-17)11-6-7-12-13(8-11)23-9-22-12/h1-8H,9H2. The summed E-state index contributed by atoms with van der Waals surface area (Å²) in [5.41, 5.74) is 2.95. The Kier molecular flexibility index (Phi) is 3.11. The van der Waals surface area contributed by atoms with Gasteiger partial charge in [-0.25, -0.2) is 4.98 Å². The van der Waals surface area contributed by atoms with Crippen LogP contribution in [0.4, 0.5) is 0 Å². The summed E-state index contributed by atoms with van der Waals surface area (Å²) in [6, 6.07) is 15.9. The summed E-state index contributed by atoms with van der Waals surface area (Å²) >= 11 is 5.16. The minimum atomic E-state index is 0.270. The summed E-state index contributed by atoms with van der Waals surface area (Å²) in [4.78, 5) is 5.56. The molecule has 5 nitrogen and oxygen atoms in total. The molecule has 0 amide bonds. The molecule has 0 N–H and O–H groups in total. The quantitative estimate of drug-likeness (QED) is 0.493. The van der Waals surface area contributed by atoms with Crippen LogP contribution in [0.15, 0.2) is 53.1 Å². The first-order chi connectivity index (χ1) is 11.8. The fraction of sp³-hybridized carbons (Fsp3) is 0.0588. The van der Waals surface area contributed by atoms with Crippen molar-refractivity contribution in [1.29, 1.82) is 0 Å². The molecule has 0 radical (unpaired) electrons. The molecule has 7 heteroatoms. The van der Waals surface area contributed by atoms with E-state index >= 15 is 0 Å². The third-order valence-electron chi connectivity index (χ3n) is 3.82. The summed E-state index contributed by atoms with van der Waals surface area (Å²) in [5.74, 6) is 1.53. The number of rotatable bonds is 2. The summed E-state index contributed by atoms with van der Waals surface area (Å²) in [7, 11) is 0. The molecule has 1 aliphatic rings. The lowest BCUT2D eigenvalue weighted by atomic mass is 10.2. The normalized spacial score (nSPS) is 12.9. The van der Waals surface area contributed by atoms with Gasteiger partial charge in [0, 0.05) is 11.1 Å². The van der Waals surface area contributed by atoms with Gasteiger partial charge in [0.1, 0.15) is 15.3 Å². The van der Waals surface area contributed by atoms with Gasteiger partial charge in [-0.1, -0.05) is 41.7 Å². The second-order valence-electron chi connectivity index (χ2n) is 5.29. The lowest BCUT2D eigenvalue weighted by Gasteiger charge is -1.99. The molecule has 0 aliphatic carbocycles. The Bertz CT molecular complexity index is 1060. The van der Waals surface area contributed by atoms with Crippen molar-refractivity contribution in [3.05, 3.63) is 53.1 Å². The molecule has 0 saturated heterocycles. The molecule has 0 spiro atoms. The van der Waals surface area contributed by atoms with Crippen molar-refractivity contribution < 1.29 is 9.47 Å². The third kappa shape index (κ3) is 2.12. The molecule has 0 atom stereocenters. The van der Waals surface area contributed by atoms with Gasteiger partial charge in [0.2, 0.25) is 11.8 Å². The summed E-state index contributed by atoms with van der Waals surface area (Å²) < 4.78 is 13.5. The average Bonchev–Trinajstić information content (AvgIpc) is 3.31. The number of imidazole rings is 1. The van der Waals surface area contributed by atoms with E-state index in [2.05, 4.69) is 21.0 Å². The molecule has 4 aromatic rings. The number of hydrogen-bond acceptors (Lipinski definition) is 5. The van der Waals surface area contributed by atoms with Gasteiger partial charge in [0.15, 0.2) is 11.5 Å². The lowest BCUT2D eigenvalue weighted by molar-refractivity contribution is 0.174. The maximum Gasteiger partial charge on any atom is 0.231 e. The fourth-order valence-corrected chi connectivity index (χ4v) is 4.23. The van der Waals surface area contributed by atoms with Gasteiger partial charge in [-0.3, -0.25) is 0 Å². The summed E-state index contributed by atoms with van der Waals surface area (Å²) in [6.45, 7) is 0.270. The SMILES string of the molecule is Brc1c(-c2ccccc2)nc2sc(-c3ccc4c(c3)OCO4)nn12. The first-order valence-electron chi connectivity index (χ1n) is 7.30. The lowest BCUT2D eigenvalue weighted by Crippen LogP contribution is -1.92. The van der Waals surface area contributed by atoms with Crippen LogP contribution in [0.3, 0.4) is 0 Å². The van der Waals surface area contributed by atoms with E-state index < -0.39 is 0 Å². The number of hydrogen-bond donors (Lipinski definition) is 0. The Morgan fingerprint density at radius 3 is 2.67 bits per heavy atom. The third-order valence-corrected chi connectivity index (χ3v) is 5.48. The molecule has 0 fully saturated rings. The molecular weight excluding hydrogens is 390 g/mol. The smallest absolute Gasteiger partial charge is 0.231 e. The van der Waals surface area contributed by atoms with Crippen molar-refractivity contribution in [2.45, 2.75) is 0 Å². The van der Waals surface area contributed by atoms with Crippen molar-refractivity contribution in [2.75, 3.05) is 6.79 Å². The van der Waals surface area contributed by atoms with Crippen molar-refractivity contribution in [3.63, 3.8) is 0 Å². The van der Waals surface area contributed by atoms with E-state index in [0.717, 1.165) is 42.9 Å². The molecule has 3 heterocycles. The van der Waals surface area contributed by atoms with E-state index in [1.807, 2.05) is 53.0 Å². The Labute approximate surface area is 149 Å². The van der Waals surface area contributed by atoms with E-state index in [-0.39, 0.29) is 6.79 Å². The molecule has 0 bridgehead atoms. The molecule has 0 saturated carbocycles. The number of halogens is 1. The molecule has 5 rings (SSSR count). The summed E-state index contributed by atoms with van der Waals surface area (Å²) in [6.07, 6.45) is 0. The topological polar surface area (TPSA) is 48.7 Å². The van der Waals surface area contributed by atoms with E-state index in [0.29, 0.717) is 0 Å². The second-order valence-corrected chi connectivity index (χ2v) is 6.99. The first kappa shape index (κ1) is 14.0. The van der Waals surface area contributed by atoms with Crippen molar-refractivity contribution >= 4 is 32.2 Å². The number of benzene rings is 2. The zero-order valence-corrected chi connectivity index (χ0v) is 14.7. The fourth-order valence-electron chi connectivity index (χ4n) is 2.65. The Morgan fingerprint density at radius 2 is 1.83 bits per heavy atom. The van der Waals surface area contributed by atoms with Crippen LogP contribution in [0.1, 0.15) is 0 Å². The minimum absolute atomic E-state index is 0.270. The van der Waals surface area contributed by atoms with E-state index in [9.17, 15) is 0 Å². The zero-order valence-electron chi connectivity index (χ0n) is 12.3. The van der Waals surface area contributed by atoms with Gasteiger partial charge in [-0.2, -0.15) is 9.61 Å². The van der Waals surface area contributed by atoms with Gasteiger partial charge in [-0.15, -0.1) is 0 Å². The van der Waals surface area contributed by atoms with Gasteiger partial charge in [-0.05, 0) is 34.1 Å². The Balaban J connectivity index is 1.60. The van der Waals surface area contributed by atoms with Crippen molar-refractivity contribution in [3.8, 4) is 33.3 Å². The number of fused-ring (bicyclic) bond motifs is 2. The maximum absolute atomic E-state index is 5.44. The number of ether oxygens (including phenoxy) is 2. The zero-order chi connectivity index (χ0) is 16.1. The second kappa shape index (κ2) is 5.32. The van der Waals surface area contributed by atoms with Crippen LogP contribution < -0.4 is 9.47 Å². The molecule has 2 aromatic heterocycles. The molecule has 24 heavy (non-hydrogen) atoms. The van der Waals surface area contributed by atoms with E-state index in [4.69, 9.17) is 14.5 Å². The largest absolute Gasteiger partial charge is 0.454 e. The average molecular weight is 400 g/mol. The van der Waals surface area contributed by atoms with Crippen molar-refractivity contribution in [1.82, 2.24) is 14.6 Å². The van der Waals surface area contributed by atoms with Crippen LogP contribution in [0.2, 0.25) is 0 Å². The molecular formula is C17H10BrN3O2S. The van der Waals surface area contributed by atoms with E-state index in [1.54, 1.807) is 0 Å². The van der Waals surface area contributed by atoms with E-state index in [1.165, 1.54) is 11.3 Å². The Hall–Kier alpha value is -2.38. The Morgan fingerprint density at radius 1 is 1.00 bits per heavy atom. The minimum Gasteiger partial charge on any atom is -0.454 e. The van der Waals surface area contributed by atoms with Gasteiger partial charge >= 0.3 is 0 Å². The van der Waals surface area contributed by atoms with Crippen LogP contribution in [0, 0.1) is 0 Å². The molecule has 118 valence electrons. The predicted octanol–water partition coefficient (Wildman–Crippen LogP) is 4.62. The number of aromatic nitrogens is 3. The molecule has 0 unspecified atom stereocenters. The highest BCUT2D eigenvalue weighted by molar-refractivity contribution is 9.10. The first-order valence-corrected chi connectivity index (χ1v) is 8.91. The number of nitrogens with zero attached hydrogens (tertiary/aromatic N) is 3. The van der Waals surface area contributed by atoms with Crippen LogP contribution in [0.25, 0.3) is 26.8 Å². The van der Waals surface area contributed by atoms with Crippen LogP contribution in [-0.4, -0.2) is 21.4 Å². The van der Waals surface area contributed by atoms with Gasteiger partial charge in [0.25, 0.3) is 0 Å². The van der Waals surface area contributed by atoms with Crippen molar-refractivity contribution in [2.24, 2.45) is 0 Å². The highest BCUT2D eigenvalue weighted by atomic mass is 79.9. The van der Waals surface area contributed by atoms with Crippen LogP contribution in [0.5, 0.6) is 11.5 Å². The van der Waals surface area contributed by atoms with Crippen LogP contribution >= 0.6 is 27.3 Å². The highest BCUT2D eigenvalue weighted by Crippen LogP contribution is 2.38.